The van der Waals surface area contributed by atoms with Crippen molar-refractivity contribution in [1.82, 2.24) is 9.80 Å². The van der Waals surface area contributed by atoms with Crippen LogP contribution in [0.5, 0.6) is 0 Å². The van der Waals surface area contributed by atoms with Crippen molar-refractivity contribution in [2.75, 3.05) is 19.6 Å². The highest BCUT2D eigenvalue weighted by molar-refractivity contribution is 7.10. The van der Waals surface area contributed by atoms with Crippen LogP contribution in [-0.2, 0) is 23.6 Å². The Bertz CT molecular complexity index is 1350. The number of hydrogen-bond acceptors (Lipinski definition) is 3. The Morgan fingerprint density at radius 3 is 2.21 bits per heavy atom. The standard InChI is InChI=1S/C28H24F6N2O2S/c1-3-10-35(26(38)19-13-20(27(29,30)31)15-21(14-19)28(32,33)34)16-24(37)36-11-8-23-22(9-12-39-23)25(36)18-6-4-17(2)5-7-18/h3-7,9,12-15,25H,1,8,10-11,16H2,2H3. The fourth-order valence-corrected chi connectivity index (χ4v) is 5.49. The normalized spacial score (nSPS) is 15.6. The number of nitrogens with zero attached hydrogens (tertiary/aromatic N) is 2. The average Bonchev–Trinajstić information content (AvgIpc) is 3.35. The van der Waals surface area contributed by atoms with Crippen LogP contribution in [0.1, 0.15) is 49.1 Å². The topological polar surface area (TPSA) is 40.6 Å². The first-order valence-corrected chi connectivity index (χ1v) is 12.8. The second-order valence-electron chi connectivity index (χ2n) is 9.22. The summed E-state index contributed by atoms with van der Waals surface area (Å²) in [5, 5.41) is 1.93. The summed E-state index contributed by atoms with van der Waals surface area (Å²) in [6.45, 7) is 4.99. The SMILES string of the molecule is C=CCN(CC(=O)N1CCc2sccc2C1c1ccc(C)cc1)C(=O)c1cc(C(F)(F)F)cc(C(F)(F)F)c1. The van der Waals surface area contributed by atoms with Gasteiger partial charge in [-0.05, 0) is 54.1 Å². The maximum absolute atomic E-state index is 13.6. The van der Waals surface area contributed by atoms with Crippen molar-refractivity contribution in [3.63, 3.8) is 0 Å². The van der Waals surface area contributed by atoms with E-state index in [1.807, 2.05) is 42.6 Å². The molecule has 1 aliphatic rings. The number of benzene rings is 2. The molecule has 2 amide bonds. The van der Waals surface area contributed by atoms with Crippen LogP contribution in [0.15, 0.2) is 66.6 Å². The van der Waals surface area contributed by atoms with Gasteiger partial charge in [-0.25, -0.2) is 0 Å². The van der Waals surface area contributed by atoms with Crippen LogP contribution in [0.3, 0.4) is 0 Å². The fraction of sp³-hybridized carbons (Fsp3) is 0.286. The van der Waals surface area contributed by atoms with E-state index in [1.165, 1.54) is 6.08 Å². The molecule has 0 radical (unpaired) electrons. The van der Waals surface area contributed by atoms with Crippen molar-refractivity contribution in [2.24, 2.45) is 0 Å². The van der Waals surface area contributed by atoms with Crippen molar-refractivity contribution in [3.8, 4) is 0 Å². The van der Waals surface area contributed by atoms with Gasteiger partial charge >= 0.3 is 12.4 Å². The van der Waals surface area contributed by atoms with Gasteiger partial charge in [0.2, 0.25) is 5.91 Å². The third kappa shape index (κ3) is 6.19. The summed E-state index contributed by atoms with van der Waals surface area (Å²) in [4.78, 5) is 30.4. The minimum Gasteiger partial charge on any atom is -0.330 e. The zero-order valence-corrected chi connectivity index (χ0v) is 21.6. The first kappa shape index (κ1) is 28.4. The summed E-state index contributed by atoms with van der Waals surface area (Å²) in [6.07, 6.45) is -8.38. The zero-order valence-electron chi connectivity index (χ0n) is 20.8. The predicted molar refractivity (Wildman–Crippen MR) is 135 cm³/mol. The summed E-state index contributed by atoms with van der Waals surface area (Å²) >= 11 is 1.57. The number of thiophene rings is 1. The minimum absolute atomic E-state index is 0.0435. The van der Waals surface area contributed by atoms with Crippen LogP contribution >= 0.6 is 11.3 Å². The highest BCUT2D eigenvalue weighted by atomic mass is 32.1. The third-order valence-electron chi connectivity index (χ3n) is 6.48. The van der Waals surface area contributed by atoms with E-state index in [1.54, 1.807) is 16.2 Å². The van der Waals surface area contributed by atoms with E-state index in [9.17, 15) is 35.9 Å². The van der Waals surface area contributed by atoms with Crippen LogP contribution in [0.4, 0.5) is 26.3 Å². The molecule has 4 nitrogen and oxygen atoms in total. The van der Waals surface area contributed by atoms with E-state index >= 15 is 0 Å². The molecule has 0 fully saturated rings. The molecule has 1 aliphatic heterocycles. The third-order valence-corrected chi connectivity index (χ3v) is 7.47. The molecule has 1 aromatic heterocycles. The van der Waals surface area contributed by atoms with Gasteiger partial charge in [-0.2, -0.15) is 26.3 Å². The molecule has 11 heteroatoms. The first-order valence-electron chi connectivity index (χ1n) is 11.9. The Balaban J connectivity index is 1.66. The van der Waals surface area contributed by atoms with E-state index in [0.717, 1.165) is 26.5 Å². The Labute approximate surface area is 225 Å². The van der Waals surface area contributed by atoms with Crippen LogP contribution < -0.4 is 0 Å². The van der Waals surface area contributed by atoms with E-state index < -0.39 is 53.4 Å². The molecule has 2 heterocycles. The van der Waals surface area contributed by atoms with Gasteiger partial charge in [0.25, 0.3) is 5.91 Å². The number of alkyl halides is 6. The monoisotopic (exact) mass is 566 g/mol. The molecule has 4 rings (SSSR count). The van der Waals surface area contributed by atoms with E-state index in [4.69, 9.17) is 0 Å². The highest BCUT2D eigenvalue weighted by Gasteiger charge is 2.39. The van der Waals surface area contributed by atoms with Crippen molar-refractivity contribution < 1.29 is 35.9 Å². The Kier molecular flexibility index (Phi) is 7.92. The molecule has 206 valence electrons. The molecule has 0 saturated heterocycles. The van der Waals surface area contributed by atoms with Crippen molar-refractivity contribution in [3.05, 3.63) is 105 Å². The largest absolute Gasteiger partial charge is 0.416 e. The number of amides is 2. The van der Waals surface area contributed by atoms with E-state index in [-0.39, 0.29) is 12.6 Å². The number of rotatable bonds is 6. The molecule has 1 unspecified atom stereocenters. The Morgan fingerprint density at radius 1 is 1.03 bits per heavy atom. The van der Waals surface area contributed by atoms with Crippen molar-refractivity contribution in [1.29, 1.82) is 0 Å². The lowest BCUT2D eigenvalue weighted by molar-refractivity contribution is -0.143. The number of hydrogen-bond donors (Lipinski definition) is 0. The minimum atomic E-state index is -5.11. The first-order chi connectivity index (χ1) is 18.3. The molecular weight excluding hydrogens is 542 g/mol. The van der Waals surface area contributed by atoms with E-state index in [2.05, 4.69) is 6.58 Å². The maximum atomic E-state index is 13.6. The summed E-state index contributed by atoms with van der Waals surface area (Å²) in [7, 11) is 0. The van der Waals surface area contributed by atoms with Crippen LogP contribution in [-0.4, -0.2) is 41.2 Å². The molecule has 39 heavy (non-hydrogen) atoms. The highest BCUT2D eigenvalue weighted by Crippen LogP contribution is 2.39. The van der Waals surface area contributed by atoms with Crippen molar-refractivity contribution >= 4 is 23.2 Å². The fourth-order valence-electron chi connectivity index (χ4n) is 4.58. The number of carbonyl (C=O) groups is 2. The maximum Gasteiger partial charge on any atom is 0.416 e. The number of fused-ring (bicyclic) bond motifs is 1. The quantitative estimate of drug-likeness (QED) is 0.241. The van der Waals surface area contributed by atoms with Gasteiger partial charge in [-0.15, -0.1) is 17.9 Å². The lowest BCUT2D eigenvalue weighted by atomic mass is 9.92. The zero-order chi connectivity index (χ0) is 28.5. The average molecular weight is 567 g/mol. The van der Waals surface area contributed by atoms with Crippen LogP contribution in [0.2, 0.25) is 0 Å². The predicted octanol–water partition coefficient (Wildman–Crippen LogP) is 6.90. The molecule has 0 saturated carbocycles. The van der Waals surface area contributed by atoms with Crippen LogP contribution in [0, 0.1) is 6.92 Å². The number of halogens is 6. The summed E-state index contributed by atoms with van der Waals surface area (Å²) < 4.78 is 80.1. The van der Waals surface area contributed by atoms with Crippen molar-refractivity contribution in [2.45, 2.75) is 31.7 Å². The van der Waals surface area contributed by atoms with Crippen LogP contribution in [0.25, 0.3) is 0 Å². The lowest BCUT2D eigenvalue weighted by Crippen LogP contribution is -2.46. The molecule has 2 aromatic carbocycles. The summed E-state index contributed by atoms with van der Waals surface area (Å²) in [5.41, 5.74) is -1.21. The molecule has 0 aliphatic carbocycles. The van der Waals surface area contributed by atoms with Gasteiger partial charge in [0.1, 0.15) is 6.54 Å². The summed E-state index contributed by atoms with van der Waals surface area (Å²) in [6, 6.07) is 9.81. The molecule has 1 atom stereocenters. The van der Waals surface area contributed by atoms with E-state index in [0.29, 0.717) is 25.1 Å². The molecule has 0 N–H and O–H groups in total. The molecular formula is C28H24F6N2O2S. The Morgan fingerprint density at radius 2 is 1.64 bits per heavy atom. The van der Waals surface area contributed by atoms with Gasteiger partial charge in [-0.3, -0.25) is 9.59 Å². The van der Waals surface area contributed by atoms with Gasteiger partial charge in [-0.1, -0.05) is 35.9 Å². The van der Waals surface area contributed by atoms with Gasteiger partial charge in [0, 0.05) is 23.5 Å². The molecule has 0 spiro atoms. The number of aryl methyl sites for hydroxylation is 1. The van der Waals surface area contributed by atoms with Gasteiger partial charge in [0.05, 0.1) is 17.2 Å². The Hall–Kier alpha value is -3.60. The second kappa shape index (κ2) is 10.9. The number of carbonyl (C=O) groups excluding carboxylic acids is 2. The summed E-state index contributed by atoms with van der Waals surface area (Å²) in [5.74, 6) is -1.63. The lowest BCUT2D eigenvalue weighted by Gasteiger charge is -2.37. The van der Waals surface area contributed by atoms with Gasteiger partial charge < -0.3 is 9.80 Å². The second-order valence-corrected chi connectivity index (χ2v) is 10.2. The van der Waals surface area contributed by atoms with Gasteiger partial charge in [0.15, 0.2) is 0 Å². The molecule has 0 bridgehead atoms. The smallest absolute Gasteiger partial charge is 0.330 e. The molecule has 3 aromatic rings.